The fourth-order valence-electron chi connectivity index (χ4n) is 2.87. The van der Waals surface area contributed by atoms with Crippen LogP contribution in [0, 0.1) is 0 Å². The lowest BCUT2D eigenvalue weighted by atomic mass is 9.94. The number of nitrogens with one attached hydrogen (secondary N) is 3. The maximum absolute atomic E-state index is 12.3. The number of benzene rings is 1. The monoisotopic (exact) mass is 343 g/mol. The fourth-order valence-corrected chi connectivity index (χ4v) is 3.50. The van der Waals surface area contributed by atoms with Gasteiger partial charge >= 0.3 is 0 Å². The zero-order valence-electron chi connectivity index (χ0n) is 13.5. The van der Waals surface area contributed by atoms with E-state index in [4.69, 9.17) is 0 Å². The molecule has 0 spiro atoms. The molecule has 2 amide bonds. The predicted molar refractivity (Wildman–Crippen MR) is 95.1 cm³/mol. The molecule has 0 saturated heterocycles. The highest BCUT2D eigenvalue weighted by Gasteiger charge is 2.22. The van der Waals surface area contributed by atoms with Gasteiger partial charge in [0.1, 0.15) is 6.04 Å². The molecule has 2 unspecified atom stereocenters. The second kappa shape index (κ2) is 7.59. The Balaban J connectivity index is 1.53. The Hall–Kier alpha value is -2.18. The molecular formula is C18H21N3O2S. The summed E-state index contributed by atoms with van der Waals surface area (Å²) in [6, 6.07) is 11.4. The molecule has 0 bridgehead atoms. The van der Waals surface area contributed by atoms with E-state index >= 15 is 0 Å². The van der Waals surface area contributed by atoms with Crippen LogP contribution < -0.4 is 16.0 Å². The molecule has 126 valence electrons. The minimum absolute atomic E-state index is 0.110. The van der Waals surface area contributed by atoms with Crippen molar-refractivity contribution in [1.29, 1.82) is 0 Å². The third-order valence-corrected chi connectivity index (χ3v) is 5.05. The maximum atomic E-state index is 12.3. The lowest BCUT2D eigenvalue weighted by Gasteiger charge is -2.27. The highest BCUT2D eigenvalue weighted by Crippen LogP contribution is 2.21. The minimum Gasteiger partial charge on any atom is -0.352 e. The number of carbonyl (C=O) groups is 2. The van der Waals surface area contributed by atoms with E-state index in [2.05, 4.69) is 28.1 Å². The second-order valence-electron chi connectivity index (χ2n) is 5.87. The molecule has 6 heteroatoms. The number of amides is 2. The van der Waals surface area contributed by atoms with Gasteiger partial charge < -0.3 is 16.0 Å². The van der Waals surface area contributed by atoms with Crippen molar-refractivity contribution in [2.75, 3.05) is 13.1 Å². The zero-order valence-corrected chi connectivity index (χ0v) is 14.4. The van der Waals surface area contributed by atoms with Gasteiger partial charge in [-0.25, -0.2) is 0 Å². The van der Waals surface area contributed by atoms with Gasteiger partial charge in [0.05, 0.1) is 4.88 Å². The van der Waals surface area contributed by atoms with Crippen molar-refractivity contribution in [2.45, 2.75) is 25.4 Å². The van der Waals surface area contributed by atoms with Crippen LogP contribution in [0.2, 0.25) is 0 Å². The highest BCUT2D eigenvalue weighted by molar-refractivity contribution is 7.12. The van der Waals surface area contributed by atoms with Crippen molar-refractivity contribution in [1.82, 2.24) is 16.0 Å². The Morgan fingerprint density at radius 3 is 2.92 bits per heavy atom. The van der Waals surface area contributed by atoms with Crippen LogP contribution in [0.15, 0.2) is 41.8 Å². The number of fused-ring (bicyclic) bond motifs is 1. The normalized spacial score (nSPS) is 17.6. The average molecular weight is 343 g/mol. The van der Waals surface area contributed by atoms with Gasteiger partial charge in [-0.05, 0) is 42.5 Å². The molecule has 1 aliphatic rings. The first-order valence-electron chi connectivity index (χ1n) is 8.08. The van der Waals surface area contributed by atoms with Gasteiger partial charge in [-0.1, -0.05) is 30.3 Å². The minimum atomic E-state index is -0.571. The molecule has 0 radical (unpaired) electrons. The van der Waals surface area contributed by atoms with Crippen molar-refractivity contribution in [3.05, 3.63) is 57.8 Å². The Bertz CT molecular complexity index is 715. The molecule has 5 nitrogen and oxygen atoms in total. The summed E-state index contributed by atoms with van der Waals surface area (Å²) < 4.78 is 0. The SMILES string of the molecule is CC(NC(=O)c1cccs1)C(=O)NCC1NCCc2ccccc21. The van der Waals surface area contributed by atoms with E-state index in [0.29, 0.717) is 11.4 Å². The van der Waals surface area contributed by atoms with Crippen molar-refractivity contribution in [3.8, 4) is 0 Å². The van der Waals surface area contributed by atoms with Crippen LogP contribution in [0.4, 0.5) is 0 Å². The molecule has 2 aromatic rings. The van der Waals surface area contributed by atoms with E-state index < -0.39 is 6.04 Å². The maximum Gasteiger partial charge on any atom is 0.261 e. The van der Waals surface area contributed by atoms with Crippen LogP contribution in [0.5, 0.6) is 0 Å². The van der Waals surface area contributed by atoms with Gasteiger partial charge in [0.25, 0.3) is 5.91 Å². The predicted octanol–water partition coefficient (Wildman–Crippen LogP) is 1.87. The van der Waals surface area contributed by atoms with E-state index in [1.54, 1.807) is 13.0 Å². The lowest BCUT2D eigenvalue weighted by molar-refractivity contribution is -0.122. The highest BCUT2D eigenvalue weighted by atomic mass is 32.1. The summed E-state index contributed by atoms with van der Waals surface area (Å²) >= 11 is 1.36. The Labute approximate surface area is 145 Å². The molecule has 0 saturated carbocycles. The number of rotatable bonds is 5. The van der Waals surface area contributed by atoms with E-state index in [9.17, 15) is 9.59 Å². The summed E-state index contributed by atoms with van der Waals surface area (Å²) in [7, 11) is 0. The third kappa shape index (κ3) is 3.83. The molecule has 3 rings (SSSR count). The van der Waals surface area contributed by atoms with Gasteiger partial charge in [0, 0.05) is 12.6 Å². The molecule has 0 fully saturated rings. The van der Waals surface area contributed by atoms with Crippen molar-refractivity contribution < 1.29 is 9.59 Å². The first-order valence-corrected chi connectivity index (χ1v) is 8.96. The van der Waals surface area contributed by atoms with Gasteiger partial charge in [-0.3, -0.25) is 9.59 Å². The second-order valence-corrected chi connectivity index (χ2v) is 6.82. The van der Waals surface area contributed by atoms with Crippen LogP contribution in [-0.4, -0.2) is 30.9 Å². The van der Waals surface area contributed by atoms with Crippen molar-refractivity contribution in [2.24, 2.45) is 0 Å². The molecule has 2 atom stereocenters. The lowest BCUT2D eigenvalue weighted by Crippen LogP contribution is -2.47. The Kier molecular flexibility index (Phi) is 5.27. The van der Waals surface area contributed by atoms with Crippen LogP contribution in [0.3, 0.4) is 0 Å². The summed E-state index contributed by atoms with van der Waals surface area (Å²) in [6.45, 7) is 3.11. The first kappa shape index (κ1) is 16.7. The average Bonchev–Trinajstić information content (AvgIpc) is 3.14. The summed E-state index contributed by atoms with van der Waals surface area (Å²) in [5.41, 5.74) is 2.56. The van der Waals surface area contributed by atoms with Gasteiger partial charge in [-0.2, -0.15) is 0 Å². The largest absolute Gasteiger partial charge is 0.352 e. The van der Waals surface area contributed by atoms with Crippen molar-refractivity contribution >= 4 is 23.2 Å². The number of carbonyl (C=O) groups excluding carboxylic acids is 2. The molecule has 1 aromatic carbocycles. The first-order chi connectivity index (χ1) is 11.6. The van der Waals surface area contributed by atoms with Gasteiger partial charge in [0.15, 0.2) is 0 Å². The summed E-state index contributed by atoms with van der Waals surface area (Å²) in [4.78, 5) is 24.9. The Morgan fingerprint density at radius 1 is 1.29 bits per heavy atom. The van der Waals surface area contributed by atoms with E-state index in [1.165, 1.54) is 22.5 Å². The quantitative estimate of drug-likeness (QED) is 0.776. The van der Waals surface area contributed by atoms with Crippen LogP contribution in [0.25, 0.3) is 0 Å². The van der Waals surface area contributed by atoms with Crippen LogP contribution in [-0.2, 0) is 11.2 Å². The molecule has 0 aliphatic carbocycles. The van der Waals surface area contributed by atoms with Crippen molar-refractivity contribution in [3.63, 3.8) is 0 Å². The van der Waals surface area contributed by atoms with Crippen LogP contribution >= 0.6 is 11.3 Å². The molecule has 1 aromatic heterocycles. The standard InChI is InChI=1S/C18H21N3O2S/c1-12(21-18(23)16-7-4-10-24-16)17(22)20-11-15-14-6-3-2-5-13(14)8-9-19-15/h2-7,10,12,15,19H,8-9,11H2,1H3,(H,20,22)(H,21,23). The summed E-state index contributed by atoms with van der Waals surface area (Å²) in [5, 5.41) is 10.9. The smallest absolute Gasteiger partial charge is 0.261 e. The number of hydrogen-bond donors (Lipinski definition) is 3. The molecular weight excluding hydrogens is 322 g/mol. The Morgan fingerprint density at radius 2 is 2.12 bits per heavy atom. The van der Waals surface area contributed by atoms with E-state index in [1.807, 2.05) is 23.6 Å². The molecule has 3 N–H and O–H groups in total. The van der Waals surface area contributed by atoms with Crippen LogP contribution in [0.1, 0.15) is 33.8 Å². The van der Waals surface area contributed by atoms with Gasteiger partial charge in [0.2, 0.25) is 5.91 Å². The molecule has 24 heavy (non-hydrogen) atoms. The number of thiophene rings is 1. The van der Waals surface area contributed by atoms with E-state index in [-0.39, 0.29) is 17.9 Å². The molecule has 2 heterocycles. The van der Waals surface area contributed by atoms with Gasteiger partial charge in [-0.15, -0.1) is 11.3 Å². The third-order valence-electron chi connectivity index (χ3n) is 4.18. The zero-order chi connectivity index (χ0) is 16.9. The topological polar surface area (TPSA) is 70.2 Å². The number of hydrogen-bond acceptors (Lipinski definition) is 4. The summed E-state index contributed by atoms with van der Waals surface area (Å²) in [5.74, 6) is -0.390. The molecule has 1 aliphatic heterocycles. The fraction of sp³-hybridized carbons (Fsp3) is 0.333. The van der Waals surface area contributed by atoms with E-state index in [0.717, 1.165) is 13.0 Å². The summed E-state index contributed by atoms with van der Waals surface area (Å²) in [6.07, 6.45) is 1.01.